The molecule has 1 atom stereocenters. The maximum absolute atomic E-state index is 7.48. The number of nitrogens with zero attached hydrogens (tertiary/aromatic N) is 1. The summed E-state index contributed by atoms with van der Waals surface area (Å²) in [4.78, 5) is 2.45. The lowest BCUT2D eigenvalue weighted by Gasteiger charge is -2.32. The summed E-state index contributed by atoms with van der Waals surface area (Å²) >= 11 is 7.48. The highest BCUT2D eigenvalue weighted by Crippen LogP contribution is 2.66. The molecular weight excluding hydrogens is 698 g/mol. The predicted octanol–water partition coefficient (Wildman–Crippen LogP) is 14.8. The number of rotatable bonds is 3. The zero-order valence-corrected chi connectivity index (χ0v) is 31.9. The van der Waals surface area contributed by atoms with Gasteiger partial charge in [-0.05, 0) is 131 Å². The average molecular weight is 734 g/mol. The highest BCUT2D eigenvalue weighted by molar-refractivity contribution is 6.31. The molecule has 0 bridgehead atoms. The van der Waals surface area contributed by atoms with Gasteiger partial charge in [-0.1, -0.05) is 159 Å². The molecule has 3 aliphatic carbocycles. The van der Waals surface area contributed by atoms with Crippen molar-refractivity contribution >= 4 is 50.2 Å². The van der Waals surface area contributed by atoms with E-state index in [0.29, 0.717) is 0 Å². The minimum atomic E-state index is -0.575. The fraction of sp³-hybridized carbons (Fsp3) is 0.0741. The quantitative estimate of drug-likeness (QED) is 0.175. The summed E-state index contributed by atoms with van der Waals surface area (Å²) in [5.74, 6) is 0. The Morgan fingerprint density at radius 1 is 0.393 bits per heavy atom. The van der Waals surface area contributed by atoms with Gasteiger partial charge in [-0.25, -0.2) is 0 Å². The molecule has 1 spiro atoms. The normalized spacial score (nSPS) is 16.3. The third-order valence-electron chi connectivity index (χ3n) is 13.1. The van der Waals surface area contributed by atoms with Gasteiger partial charge in [-0.2, -0.15) is 0 Å². The van der Waals surface area contributed by atoms with E-state index in [2.05, 4.69) is 201 Å². The van der Waals surface area contributed by atoms with E-state index in [0.717, 1.165) is 22.1 Å². The number of para-hydroxylation sites is 1. The van der Waals surface area contributed by atoms with Gasteiger partial charge in [0.25, 0.3) is 0 Å². The lowest BCUT2D eigenvalue weighted by atomic mass is 9.70. The summed E-state index contributed by atoms with van der Waals surface area (Å²) in [6.45, 7) is 4.71. The van der Waals surface area contributed by atoms with Crippen LogP contribution < -0.4 is 4.90 Å². The van der Waals surface area contributed by atoms with E-state index in [1.807, 2.05) is 0 Å². The summed E-state index contributed by atoms with van der Waals surface area (Å²) in [6.07, 6.45) is 0. The second kappa shape index (κ2) is 11.3. The Morgan fingerprint density at radius 3 is 1.88 bits per heavy atom. The largest absolute Gasteiger partial charge is 0.310 e. The molecule has 0 radical (unpaired) electrons. The fourth-order valence-electron chi connectivity index (χ4n) is 10.7. The van der Waals surface area contributed by atoms with Crippen LogP contribution in [0.2, 0.25) is 5.02 Å². The second-order valence-corrected chi connectivity index (χ2v) is 16.6. The van der Waals surface area contributed by atoms with Gasteiger partial charge < -0.3 is 4.90 Å². The Hall–Kier alpha value is -6.41. The molecular formula is C54H36ClN. The monoisotopic (exact) mass is 733 g/mol. The van der Waals surface area contributed by atoms with Crippen LogP contribution in [-0.4, -0.2) is 0 Å². The zero-order valence-electron chi connectivity index (χ0n) is 31.1. The first-order valence-corrected chi connectivity index (χ1v) is 19.9. The van der Waals surface area contributed by atoms with Crippen LogP contribution >= 0.6 is 11.6 Å². The van der Waals surface area contributed by atoms with Crippen LogP contribution in [-0.2, 0) is 10.8 Å². The molecule has 1 nitrogen and oxygen atoms in total. The van der Waals surface area contributed by atoms with E-state index in [4.69, 9.17) is 11.6 Å². The van der Waals surface area contributed by atoms with Crippen molar-refractivity contribution in [3.63, 3.8) is 0 Å². The molecule has 0 saturated heterocycles. The van der Waals surface area contributed by atoms with Crippen LogP contribution in [0.4, 0.5) is 17.1 Å². The molecule has 264 valence electrons. The molecule has 0 fully saturated rings. The molecule has 0 saturated carbocycles. The Morgan fingerprint density at radius 2 is 1.05 bits per heavy atom. The van der Waals surface area contributed by atoms with Crippen LogP contribution in [0.1, 0.15) is 47.2 Å². The number of halogens is 1. The Labute approximate surface area is 332 Å². The van der Waals surface area contributed by atoms with Gasteiger partial charge in [0.15, 0.2) is 0 Å². The van der Waals surface area contributed by atoms with E-state index in [1.165, 1.54) is 88.3 Å². The van der Waals surface area contributed by atoms with E-state index >= 15 is 0 Å². The van der Waals surface area contributed by atoms with Gasteiger partial charge in [-0.15, -0.1) is 0 Å². The molecule has 9 aromatic rings. The number of anilines is 3. The van der Waals surface area contributed by atoms with Crippen LogP contribution in [0, 0.1) is 0 Å². The molecule has 0 aliphatic heterocycles. The highest BCUT2D eigenvalue weighted by Gasteiger charge is 2.53. The number of fused-ring (bicyclic) bond motifs is 16. The highest BCUT2D eigenvalue weighted by atomic mass is 35.5. The van der Waals surface area contributed by atoms with Gasteiger partial charge >= 0.3 is 0 Å². The van der Waals surface area contributed by atoms with E-state index in [1.54, 1.807) is 0 Å². The smallest absolute Gasteiger partial charge is 0.0727 e. The number of hydrogen-bond donors (Lipinski definition) is 0. The van der Waals surface area contributed by atoms with Crippen LogP contribution in [0.3, 0.4) is 0 Å². The summed E-state index contributed by atoms with van der Waals surface area (Å²) in [6, 6.07) is 67.5. The Balaban J connectivity index is 1.21. The van der Waals surface area contributed by atoms with E-state index < -0.39 is 5.41 Å². The second-order valence-electron chi connectivity index (χ2n) is 16.2. The summed E-state index contributed by atoms with van der Waals surface area (Å²) in [7, 11) is 0. The van der Waals surface area contributed by atoms with Gasteiger partial charge in [0.2, 0.25) is 0 Å². The minimum Gasteiger partial charge on any atom is -0.310 e. The average Bonchev–Trinajstić information content (AvgIpc) is 3.78. The first-order valence-electron chi connectivity index (χ1n) is 19.5. The predicted molar refractivity (Wildman–Crippen MR) is 235 cm³/mol. The van der Waals surface area contributed by atoms with Crippen molar-refractivity contribution in [1.82, 2.24) is 0 Å². The maximum Gasteiger partial charge on any atom is 0.0727 e. The van der Waals surface area contributed by atoms with Gasteiger partial charge in [-0.3, -0.25) is 0 Å². The standard InChI is InChI=1S/C54H36ClN/c1-53(2)44-22-12-10-20-40(44)41-26-25-38(32-47(41)53)56(37-17-4-3-5-18-37)50-31-36(55)30-49-52(50)43-28-34-15-6-7-16-35(34)29-48(43)54(49)45-23-13-11-21-42(45)51-39-19-9-8-14-33(39)24-27-46(51)54/h3-32H,1-2H3. The zero-order chi connectivity index (χ0) is 37.3. The fourth-order valence-corrected chi connectivity index (χ4v) is 10.9. The van der Waals surface area contributed by atoms with Crippen molar-refractivity contribution < 1.29 is 0 Å². The molecule has 12 rings (SSSR count). The molecule has 2 heteroatoms. The van der Waals surface area contributed by atoms with Crippen molar-refractivity contribution in [1.29, 1.82) is 0 Å². The maximum atomic E-state index is 7.48. The van der Waals surface area contributed by atoms with Crippen molar-refractivity contribution in [2.24, 2.45) is 0 Å². The summed E-state index contributed by atoms with van der Waals surface area (Å²) < 4.78 is 0. The molecule has 0 amide bonds. The molecule has 0 heterocycles. The summed E-state index contributed by atoms with van der Waals surface area (Å²) in [5, 5.41) is 5.71. The lowest BCUT2D eigenvalue weighted by Crippen LogP contribution is -2.26. The molecule has 3 aliphatic rings. The molecule has 0 N–H and O–H groups in total. The molecule has 9 aromatic carbocycles. The Bertz CT molecular complexity index is 3140. The topological polar surface area (TPSA) is 3.24 Å². The molecule has 1 unspecified atom stereocenters. The van der Waals surface area contributed by atoms with Crippen molar-refractivity contribution in [2.75, 3.05) is 4.90 Å². The third kappa shape index (κ3) is 4.06. The van der Waals surface area contributed by atoms with Crippen molar-refractivity contribution in [3.8, 4) is 33.4 Å². The Kier molecular flexibility index (Phi) is 6.45. The van der Waals surface area contributed by atoms with Gasteiger partial charge in [0.1, 0.15) is 0 Å². The summed E-state index contributed by atoms with van der Waals surface area (Å²) in [5.41, 5.74) is 18.1. The van der Waals surface area contributed by atoms with Crippen LogP contribution in [0.25, 0.3) is 54.9 Å². The van der Waals surface area contributed by atoms with Gasteiger partial charge in [0, 0.05) is 27.4 Å². The van der Waals surface area contributed by atoms with Crippen LogP contribution in [0.5, 0.6) is 0 Å². The first-order chi connectivity index (χ1) is 27.4. The number of hydrogen-bond acceptors (Lipinski definition) is 1. The van der Waals surface area contributed by atoms with Gasteiger partial charge in [0.05, 0.1) is 11.1 Å². The van der Waals surface area contributed by atoms with E-state index in [9.17, 15) is 0 Å². The third-order valence-corrected chi connectivity index (χ3v) is 13.3. The van der Waals surface area contributed by atoms with Crippen molar-refractivity contribution in [2.45, 2.75) is 24.7 Å². The molecule has 56 heavy (non-hydrogen) atoms. The SMILES string of the molecule is CC1(C)c2ccccc2-c2ccc(N(c3ccccc3)c3cc(Cl)cc4c3-c3cc5ccccc5cc3C43c4ccccc4-c4c3ccc3ccccc43)cc21. The minimum absolute atomic E-state index is 0.143. The van der Waals surface area contributed by atoms with Crippen LogP contribution in [0.15, 0.2) is 182 Å². The number of benzene rings is 9. The first kappa shape index (κ1) is 31.9. The lowest BCUT2D eigenvalue weighted by molar-refractivity contribution is 0.660. The van der Waals surface area contributed by atoms with Crippen molar-refractivity contribution in [3.05, 3.63) is 220 Å². The molecule has 0 aromatic heterocycles. The van der Waals surface area contributed by atoms with E-state index in [-0.39, 0.29) is 5.41 Å².